The Balaban J connectivity index is 2.55. The molecule has 6 heteroatoms. The second-order valence-electron chi connectivity index (χ2n) is 4.73. The van der Waals surface area contributed by atoms with Crippen LogP contribution in [0.1, 0.15) is 29.3 Å². The van der Waals surface area contributed by atoms with E-state index < -0.39 is 5.97 Å². The molecule has 0 saturated heterocycles. The van der Waals surface area contributed by atoms with E-state index in [1.807, 2.05) is 38.1 Å². The van der Waals surface area contributed by atoms with Crippen LogP contribution in [0.3, 0.4) is 0 Å². The van der Waals surface area contributed by atoms with Crippen LogP contribution in [0.4, 0.5) is 11.6 Å². The van der Waals surface area contributed by atoms with Crippen LogP contribution in [0.25, 0.3) is 5.69 Å². The quantitative estimate of drug-likeness (QED) is 0.825. The minimum Gasteiger partial charge on any atom is -0.465 e. The molecule has 21 heavy (non-hydrogen) atoms. The Morgan fingerprint density at radius 1 is 1.43 bits per heavy atom. The first kappa shape index (κ1) is 14.9. The minimum absolute atomic E-state index is 0.272. The van der Waals surface area contributed by atoms with Gasteiger partial charge in [0.15, 0.2) is 5.82 Å². The van der Waals surface area contributed by atoms with E-state index in [9.17, 15) is 4.79 Å². The zero-order valence-electron chi connectivity index (χ0n) is 12.5. The highest BCUT2D eigenvalue weighted by atomic mass is 16.5. The van der Waals surface area contributed by atoms with Crippen molar-refractivity contribution in [3.8, 4) is 5.69 Å². The zero-order valence-corrected chi connectivity index (χ0v) is 12.5. The number of rotatable bonds is 5. The number of nitrogens with zero attached hydrogens (tertiary/aromatic N) is 2. The Labute approximate surface area is 123 Å². The molecule has 112 valence electrons. The fraction of sp³-hybridized carbons (Fsp3) is 0.333. The van der Waals surface area contributed by atoms with Gasteiger partial charge in [-0.2, -0.15) is 0 Å². The molecule has 2 rings (SSSR count). The van der Waals surface area contributed by atoms with Crippen LogP contribution < -0.4 is 11.1 Å². The van der Waals surface area contributed by atoms with Crippen molar-refractivity contribution < 1.29 is 9.53 Å². The normalized spacial score (nSPS) is 10.4. The fourth-order valence-electron chi connectivity index (χ4n) is 2.09. The third kappa shape index (κ3) is 2.84. The lowest BCUT2D eigenvalue weighted by Gasteiger charge is -2.07. The standard InChI is InChI=1S/C15H20N4O2/c1-4-9-17-14-12(15(20)21-3)13(16)19(18-14)11-8-6-5-7-10(11)2/h5-8H,4,9,16H2,1-3H3,(H,17,18). The summed E-state index contributed by atoms with van der Waals surface area (Å²) < 4.78 is 6.37. The first-order valence-electron chi connectivity index (χ1n) is 6.86. The number of benzene rings is 1. The Morgan fingerprint density at radius 3 is 2.76 bits per heavy atom. The van der Waals surface area contributed by atoms with Crippen LogP contribution in [-0.4, -0.2) is 29.4 Å². The van der Waals surface area contributed by atoms with E-state index in [2.05, 4.69) is 10.4 Å². The fourth-order valence-corrected chi connectivity index (χ4v) is 2.09. The average Bonchev–Trinajstić information content (AvgIpc) is 2.81. The SMILES string of the molecule is CCCNc1nn(-c2ccccc2C)c(N)c1C(=O)OC. The van der Waals surface area contributed by atoms with Crippen molar-refractivity contribution in [3.63, 3.8) is 0 Å². The van der Waals surface area contributed by atoms with Crippen LogP contribution in [0.15, 0.2) is 24.3 Å². The molecule has 2 aromatic rings. The summed E-state index contributed by atoms with van der Waals surface area (Å²) in [5, 5.41) is 7.54. The highest BCUT2D eigenvalue weighted by molar-refractivity contribution is 6.00. The van der Waals surface area contributed by atoms with Crippen molar-refractivity contribution in [1.82, 2.24) is 9.78 Å². The molecule has 0 unspecified atom stereocenters. The van der Waals surface area contributed by atoms with E-state index in [1.54, 1.807) is 4.68 Å². The van der Waals surface area contributed by atoms with Crippen LogP contribution >= 0.6 is 0 Å². The van der Waals surface area contributed by atoms with E-state index in [0.717, 1.165) is 17.7 Å². The van der Waals surface area contributed by atoms with E-state index in [1.165, 1.54) is 7.11 Å². The molecule has 1 aromatic heterocycles. The number of methoxy groups -OCH3 is 1. The molecule has 0 saturated carbocycles. The molecule has 0 fully saturated rings. The predicted octanol–water partition coefficient (Wildman–Crippen LogP) is 2.37. The smallest absolute Gasteiger partial charge is 0.345 e. The summed E-state index contributed by atoms with van der Waals surface area (Å²) in [5.74, 6) is 0.227. The largest absolute Gasteiger partial charge is 0.465 e. The van der Waals surface area contributed by atoms with Crippen LogP contribution in [-0.2, 0) is 4.74 Å². The maximum atomic E-state index is 12.0. The molecular weight excluding hydrogens is 268 g/mol. The van der Waals surface area contributed by atoms with Crippen LogP contribution in [0.5, 0.6) is 0 Å². The number of esters is 1. The minimum atomic E-state index is -0.495. The molecule has 0 aliphatic carbocycles. The topological polar surface area (TPSA) is 82.2 Å². The molecule has 3 N–H and O–H groups in total. The van der Waals surface area contributed by atoms with Gasteiger partial charge in [-0.3, -0.25) is 0 Å². The number of nitrogen functional groups attached to an aromatic ring is 1. The van der Waals surface area contributed by atoms with Gasteiger partial charge in [0.25, 0.3) is 0 Å². The molecule has 0 radical (unpaired) electrons. The zero-order chi connectivity index (χ0) is 15.4. The summed E-state index contributed by atoms with van der Waals surface area (Å²) >= 11 is 0. The molecular formula is C15H20N4O2. The number of nitrogens with two attached hydrogens (primary N) is 1. The van der Waals surface area contributed by atoms with Gasteiger partial charge >= 0.3 is 5.97 Å². The summed E-state index contributed by atoms with van der Waals surface area (Å²) in [7, 11) is 1.33. The molecule has 0 aliphatic heterocycles. The van der Waals surface area contributed by atoms with Gasteiger partial charge in [0, 0.05) is 6.54 Å². The second kappa shape index (κ2) is 6.30. The summed E-state index contributed by atoms with van der Waals surface area (Å²) in [6.07, 6.45) is 0.914. The summed E-state index contributed by atoms with van der Waals surface area (Å²) in [6, 6.07) is 7.72. The molecule has 0 amide bonds. The van der Waals surface area contributed by atoms with Gasteiger partial charge < -0.3 is 15.8 Å². The number of hydrogen-bond acceptors (Lipinski definition) is 5. The number of aryl methyl sites for hydroxylation is 1. The number of ether oxygens (including phenoxy) is 1. The molecule has 6 nitrogen and oxygen atoms in total. The molecule has 1 heterocycles. The van der Waals surface area contributed by atoms with Crippen molar-refractivity contribution in [3.05, 3.63) is 35.4 Å². The van der Waals surface area contributed by atoms with Gasteiger partial charge in [-0.1, -0.05) is 25.1 Å². The third-order valence-electron chi connectivity index (χ3n) is 3.20. The Morgan fingerprint density at radius 2 is 2.14 bits per heavy atom. The van der Waals surface area contributed by atoms with Gasteiger partial charge in [0.1, 0.15) is 11.4 Å². The lowest BCUT2D eigenvalue weighted by atomic mass is 10.2. The average molecular weight is 288 g/mol. The first-order chi connectivity index (χ1) is 10.1. The van der Waals surface area contributed by atoms with E-state index in [0.29, 0.717) is 12.4 Å². The van der Waals surface area contributed by atoms with E-state index in [4.69, 9.17) is 10.5 Å². The number of hydrogen-bond donors (Lipinski definition) is 2. The summed E-state index contributed by atoms with van der Waals surface area (Å²) in [4.78, 5) is 12.0. The lowest BCUT2D eigenvalue weighted by molar-refractivity contribution is 0.0603. The van der Waals surface area contributed by atoms with Gasteiger partial charge in [-0.05, 0) is 25.0 Å². The number of para-hydroxylation sites is 1. The Hall–Kier alpha value is -2.50. The monoisotopic (exact) mass is 288 g/mol. The number of anilines is 2. The maximum absolute atomic E-state index is 12.0. The molecule has 0 spiro atoms. The van der Waals surface area contributed by atoms with Gasteiger partial charge in [-0.15, -0.1) is 5.10 Å². The van der Waals surface area contributed by atoms with E-state index >= 15 is 0 Å². The van der Waals surface area contributed by atoms with Crippen LogP contribution in [0, 0.1) is 6.92 Å². The van der Waals surface area contributed by atoms with Gasteiger partial charge in [-0.25, -0.2) is 9.48 Å². The highest BCUT2D eigenvalue weighted by Gasteiger charge is 2.23. The van der Waals surface area contributed by atoms with Crippen molar-refractivity contribution in [2.24, 2.45) is 0 Å². The number of carbonyl (C=O) groups is 1. The maximum Gasteiger partial charge on any atom is 0.345 e. The third-order valence-corrected chi connectivity index (χ3v) is 3.20. The summed E-state index contributed by atoms with van der Waals surface area (Å²) in [5.41, 5.74) is 8.24. The lowest BCUT2D eigenvalue weighted by Crippen LogP contribution is -2.09. The first-order valence-corrected chi connectivity index (χ1v) is 6.86. The molecule has 1 aromatic carbocycles. The molecule has 0 aliphatic rings. The molecule has 0 bridgehead atoms. The van der Waals surface area contributed by atoms with Gasteiger partial charge in [0.05, 0.1) is 12.8 Å². The van der Waals surface area contributed by atoms with Crippen molar-refractivity contribution in [2.45, 2.75) is 20.3 Å². The van der Waals surface area contributed by atoms with Crippen molar-refractivity contribution in [1.29, 1.82) is 0 Å². The second-order valence-corrected chi connectivity index (χ2v) is 4.73. The Kier molecular flexibility index (Phi) is 4.47. The Bertz CT molecular complexity index is 649. The number of nitrogens with one attached hydrogen (secondary N) is 1. The van der Waals surface area contributed by atoms with E-state index in [-0.39, 0.29) is 11.4 Å². The highest BCUT2D eigenvalue weighted by Crippen LogP contribution is 2.27. The van der Waals surface area contributed by atoms with Crippen molar-refractivity contribution >= 4 is 17.6 Å². The number of aromatic nitrogens is 2. The van der Waals surface area contributed by atoms with Crippen LogP contribution in [0.2, 0.25) is 0 Å². The predicted molar refractivity (Wildman–Crippen MR) is 82.8 cm³/mol. The molecule has 0 atom stereocenters. The van der Waals surface area contributed by atoms with Crippen molar-refractivity contribution in [2.75, 3.05) is 24.7 Å². The summed E-state index contributed by atoms with van der Waals surface area (Å²) in [6.45, 7) is 4.70. The number of carbonyl (C=O) groups excluding carboxylic acids is 1. The van der Waals surface area contributed by atoms with Gasteiger partial charge in [0.2, 0.25) is 0 Å².